The average molecular weight is 546 g/mol. The van der Waals surface area contributed by atoms with Gasteiger partial charge in [0, 0.05) is 30.7 Å². The molecule has 0 unspecified atom stereocenters. The summed E-state index contributed by atoms with van der Waals surface area (Å²) in [6.07, 6.45) is 17.6. The molecule has 0 spiro atoms. The number of amides is 1. The van der Waals surface area contributed by atoms with E-state index in [9.17, 15) is 9.59 Å². The third-order valence-electron chi connectivity index (χ3n) is 8.01. The van der Waals surface area contributed by atoms with Gasteiger partial charge in [0.2, 0.25) is 5.91 Å². The molecule has 0 heterocycles. The van der Waals surface area contributed by atoms with Crippen LogP contribution in [0.1, 0.15) is 112 Å². The number of nitrogens with zero attached hydrogens (tertiary/aromatic N) is 3. The van der Waals surface area contributed by atoms with Gasteiger partial charge in [-0.25, -0.2) is 5.43 Å². The van der Waals surface area contributed by atoms with Gasteiger partial charge in [0.25, 0.3) is 0 Å². The minimum absolute atomic E-state index is 0.0863. The number of hydrogen-bond acceptors (Lipinski definition) is 4. The maximum absolute atomic E-state index is 12.8. The molecule has 1 fully saturated rings. The molecule has 3 rings (SSSR count). The lowest BCUT2D eigenvalue weighted by Crippen LogP contribution is -2.36. The Hall–Kier alpha value is -3.15. The number of hydrazine groups is 1. The zero-order valence-corrected chi connectivity index (χ0v) is 24.1. The van der Waals surface area contributed by atoms with E-state index in [1.807, 2.05) is 48.5 Å². The second-order valence-corrected chi connectivity index (χ2v) is 11.3. The monoisotopic (exact) mass is 545 g/mol. The normalized spacial score (nSPS) is 14.4. The zero-order chi connectivity index (χ0) is 28.3. The summed E-state index contributed by atoms with van der Waals surface area (Å²) in [5, 5.41) is 3.74. The summed E-state index contributed by atoms with van der Waals surface area (Å²) in [5.41, 5.74) is 18.4. The number of Topliss-reactive ketones (excluding diaryl/α,β-unsaturated/α-hetero) is 1. The van der Waals surface area contributed by atoms with Crippen molar-refractivity contribution >= 4 is 11.7 Å². The Balaban J connectivity index is 1.39. The van der Waals surface area contributed by atoms with Crippen LogP contribution in [-0.4, -0.2) is 11.7 Å². The number of hydrogen-bond donors (Lipinski definition) is 2. The quantitative estimate of drug-likeness (QED) is 0.0732. The van der Waals surface area contributed by atoms with Crippen LogP contribution in [0.3, 0.4) is 0 Å². The maximum atomic E-state index is 12.8. The molecule has 1 aliphatic rings. The van der Waals surface area contributed by atoms with Gasteiger partial charge in [-0.1, -0.05) is 124 Å². The lowest BCUT2D eigenvalue weighted by Gasteiger charge is -2.15. The van der Waals surface area contributed by atoms with E-state index in [0.29, 0.717) is 32.2 Å². The average Bonchev–Trinajstić information content (AvgIpc) is 3.10. The van der Waals surface area contributed by atoms with E-state index in [2.05, 4.69) is 20.9 Å². The van der Waals surface area contributed by atoms with Gasteiger partial charge in [-0.3, -0.25) is 15.0 Å². The molecule has 7 nitrogen and oxygen atoms in total. The van der Waals surface area contributed by atoms with Crippen molar-refractivity contribution in [1.29, 1.82) is 0 Å². The van der Waals surface area contributed by atoms with E-state index in [1.54, 1.807) is 0 Å². The molecular formula is C33H47N5O2. The second-order valence-electron chi connectivity index (χ2n) is 11.3. The molecule has 0 atom stereocenters. The van der Waals surface area contributed by atoms with E-state index >= 15 is 0 Å². The third-order valence-corrected chi connectivity index (χ3v) is 8.01. The first-order chi connectivity index (χ1) is 19.6. The van der Waals surface area contributed by atoms with Gasteiger partial charge in [-0.15, -0.1) is 0 Å². The number of benzene rings is 2. The van der Waals surface area contributed by atoms with Gasteiger partial charge in [0.1, 0.15) is 5.78 Å². The van der Waals surface area contributed by atoms with Gasteiger partial charge in [0.05, 0.1) is 6.54 Å². The molecule has 216 valence electrons. The van der Waals surface area contributed by atoms with Crippen LogP contribution in [0.2, 0.25) is 0 Å². The molecule has 0 aromatic heterocycles. The highest BCUT2D eigenvalue weighted by Crippen LogP contribution is 2.26. The molecule has 0 saturated heterocycles. The Morgan fingerprint density at radius 1 is 0.850 bits per heavy atom. The molecule has 2 aromatic rings. The van der Waals surface area contributed by atoms with Crippen molar-refractivity contribution in [2.45, 2.75) is 116 Å². The highest BCUT2D eigenvalue weighted by Gasteiger charge is 2.12. The Morgan fingerprint density at radius 2 is 1.60 bits per heavy atom. The van der Waals surface area contributed by atoms with Gasteiger partial charge >= 0.3 is 0 Å². The van der Waals surface area contributed by atoms with Crippen molar-refractivity contribution in [3.8, 4) is 0 Å². The van der Waals surface area contributed by atoms with Crippen molar-refractivity contribution in [3.05, 3.63) is 81.2 Å². The number of nitrogens with one attached hydrogen (secondary N) is 2. The summed E-state index contributed by atoms with van der Waals surface area (Å²) in [4.78, 5) is 27.9. The molecule has 0 radical (unpaired) electrons. The van der Waals surface area contributed by atoms with E-state index in [4.69, 9.17) is 5.53 Å². The van der Waals surface area contributed by atoms with Crippen molar-refractivity contribution in [2.24, 2.45) is 11.0 Å². The first-order valence-corrected chi connectivity index (χ1v) is 15.3. The number of aryl methyl sites for hydroxylation is 1. The van der Waals surface area contributed by atoms with Gasteiger partial charge in [-0.2, -0.15) is 0 Å². The fraction of sp³-hybridized carbons (Fsp3) is 0.576. The molecular weight excluding hydrogens is 498 g/mol. The van der Waals surface area contributed by atoms with E-state index in [1.165, 1.54) is 64.2 Å². The SMILES string of the molecule is [N-]=[N+]=NCc1cc(CCC(=O)NNCc2ccccc2)ccc1CC(=O)CCCCCC1CCCCCCCC1. The molecule has 2 aromatic carbocycles. The van der Waals surface area contributed by atoms with Crippen molar-refractivity contribution < 1.29 is 9.59 Å². The Morgan fingerprint density at radius 3 is 2.35 bits per heavy atom. The van der Waals surface area contributed by atoms with Gasteiger partial charge < -0.3 is 0 Å². The van der Waals surface area contributed by atoms with Gasteiger partial charge in [-0.05, 0) is 46.5 Å². The van der Waals surface area contributed by atoms with Crippen LogP contribution in [0.15, 0.2) is 53.6 Å². The fourth-order valence-electron chi connectivity index (χ4n) is 5.66. The van der Waals surface area contributed by atoms with Crippen LogP contribution >= 0.6 is 0 Å². The number of unbranched alkanes of at least 4 members (excludes halogenated alkanes) is 2. The van der Waals surface area contributed by atoms with Crippen LogP contribution < -0.4 is 10.9 Å². The Labute approximate surface area is 240 Å². The first kappa shape index (κ1) is 31.4. The highest BCUT2D eigenvalue weighted by atomic mass is 16.2. The summed E-state index contributed by atoms with van der Waals surface area (Å²) in [6, 6.07) is 15.8. The lowest BCUT2D eigenvalue weighted by atomic mass is 9.91. The lowest BCUT2D eigenvalue weighted by molar-refractivity contribution is -0.122. The molecule has 0 aliphatic heterocycles. The largest absolute Gasteiger partial charge is 0.299 e. The fourth-order valence-corrected chi connectivity index (χ4v) is 5.66. The number of rotatable bonds is 16. The molecule has 1 amide bonds. The number of ketones is 1. The summed E-state index contributed by atoms with van der Waals surface area (Å²) in [7, 11) is 0. The Bertz CT molecular complexity index is 1070. The third kappa shape index (κ3) is 12.8. The standard InChI is InChI=1S/C33H47N5O2/c34-38-36-26-31-23-28(20-22-33(40)37-35-25-29-16-10-5-11-17-29)19-21-30(31)24-32(39)18-12-6-9-15-27-13-7-3-1-2-4-8-14-27/h5,10-11,16-17,19,21,23,27,35H,1-4,6-9,12-15,18,20,22,24-26H2,(H,37,40). The van der Waals surface area contributed by atoms with Crippen molar-refractivity contribution in [2.75, 3.05) is 0 Å². The van der Waals surface area contributed by atoms with E-state index in [-0.39, 0.29) is 18.2 Å². The number of carbonyl (C=O) groups excluding carboxylic acids is 2. The minimum atomic E-state index is -0.0863. The first-order valence-electron chi connectivity index (χ1n) is 15.3. The summed E-state index contributed by atoms with van der Waals surface area (Å²) < 4.78 is 0. The van der Waals surface area contributed by atoms with Gasteiger partial charge in [0.15, 0.2) is 0 Å². The molecule has 2 N–H and O–H groups in total. The summed E-state index contributed by atoms with van der Waals surface area (Å²) in [5.74, 6) is 1.03. The van der Waals surface area contributed by atoms with Crippen LogP contribution in [-0.2, 0) is 35.5 Å². The number of carbonyl (C=O) groups is 2. The molecule has 1 saturated carbocycles. The Kier molecular flexibility index (Phi) is 14.9. The molecule has 7 heteroatoms. The highest BCUT2D eigenvalue weighted by molar-refractivity contribution is 5.81. The predicted molar refractivity (Wildman–Crippen MR) is 161 cm³/mol. The summed E-state index contributed by atoms with van der Waals surface area (Å²) >= 11 is 0. The van der Waals surface area contributed by atoms with Crippen LogP contribution in [0.5, 0.6) is 0 Å². The van der Waals surface area contributed by atoms with Crippen LogP contribution in [0, 0.1) is 5.92 Å². The van der Waals surface area contributed by atoms with E-state index < -0.39 is 0 Å². The van der Waals surface area contributed by atoms with Crippen molar-refractivity contribution in [1.82, 2.24) is 10.9 Å². The van der Waals surface area contributed by atoms with Crippen LogP contribution in [0.25, 0.3) is 10.4 Å². The molecule has 40 heavy (non-hydrogen) atoms. The number of azide groups is 1. The maximum Gasteiger partial charge on any atom is 0.234 e. The minimum Gasteiger partial charge on any atom is -0.299 e. The van der Waals surface area contributed by atoms with Crippen LogP contribution in [0.4, 0.5) is 0 Å². The van der Waals surface area contributed by atoms with E-state index in [0.717, 1.165) is 41.0 Å². The second kappa shape index (κ2) is 19.0. The summed E-state index contributed by atoms with van der Waals surface area (Å²) in [6.45, 7) is 0.769. The smallest absolute Gasteiger partial charge is 0.234 e. The zero-order valence-electron chi connectivity index (χ0n) is 24.1. The van der Waals surface area contributed by atoms with Crippen molar-refractivity contribution in [3.63, 3.8) is 0 Å². The predicted octanol–water partition coefficient (Wildman–Crippen LogP) is 8.06. The topological polar surface area (TPSA) is 107 Å². The molecule has 1 aliphatic carbocycles. The molecule has 0 bridgehead atoms.